The molecule has 0 bridgehead atoms. The second-order valence-electron chi connectivity index (χ2n) is 4.19. The van der Waals surface area contributed by atoms with Gasteiger partial charge in [-0.2, -0.15) is 0 Å². The second kappa shape index (κ2) is 5.07. The molecule has 1 aromatic rings. The Bertz CT molecular complexity index is 330. The molecule has 2 N–H and O–H groups in total. The molecule has 84 valence electrons. The summed E-state index contributed by atoms with van der Waals surface area (Å²) in [5, 5.41) is 0. The van der Waals surface area contributed by atoms with Crippen molar-refractivity contribution in [2.24, 2.45) is 18.7 Å². The van der Waals surface area contributed by atoms with Crippen molar-refractivity contribution in [2.45, 2.75) is 32.7 Å². The molecule has 0 saturated heterocycles. The Morgan fingerprint density at radius 2 is 2.27 bits per heavy atom. The summed E-state index contributed by atoms with van der Waals surface area (Å²) in [4.78, 5) is 15.8. The SMILES string of the molecule is CC(C)C(N)C(=O)CCc1nccn1C. The number of nitrogens with two attached hydrogens (primary N) is 1. The molecule has 1 heterocycles. The first-order valence-corrected chi connectivity index (χ1v) is 5.27. The van der Waals surface area contributed by atoms with Crippen LogP contribution in [0.25, 0.3) is 0 Å². The predicted octanol–water partition coefficient (Wildman–Crippen LogP) is 0.905. The van der Waals surface area contributed by atoms with Crippen LogP contribution in [-0.2, 0) is 18.3 Å². The molecule has 4 nitrogen and oxygen atoms in total. The lowest BCUT2D eigenvalue weighted by molar-refractivity contribution is -0.121. The van der Waals surface area contributed by atoms with Crippen molar-refractivity contribution in [3.8, 4) is 0 Å². The summed E-state index contributed by atoms with van der Waals surface area (Å²) in [6.07, 6.45) is 4.76. The Kier molecular flexibility index (Phi) is 4.03. The topological polar surface area (TPSA) is 60.9 Å². The molecule has 1 aromatic heterocycles. The van der Waals surface area contributed by atoms with Crippen LogP contribution in [0.1, 0.15) is 26.1 Å². The van der Waals surface area contributed by atoms with Crippen molar-refractivity contribution in [1.82, 2.24) is 9.55 Å². The first-order valence-electron chi connectivity index (χ1n) is 5.27. The lowest BCUT2D eigenvalue weighted by atomic mass is 9.98. The number of aromatic nitrogens is 2. The molecule has 0 aromatic carbocycles. The van der Waals surface area contributed by atoms with Gasteiger partial charge in [0.1, 0.15) is 11.6 Å². The molecule has 1 unspecified atom stereocenters. The zero-order valence-corrected chi connectivity index (χ0v) is 9.60. The quantitative estimate of drug-likeness (QED) is 0.784. The highest BCUT2D eigenvalue weighted by atomic mass is 16.1. The summed E-state index contributed by atoms with van der Waals surface area (Å²) in [5.74, 6) is 1.26. The predicted molar refractivity (Wildman–Crippen MR) is 59.3 cm³/mol. The maximum atomic E-state index is 11.6. The number of rotatable bonds is 5. The molecule has 0 radical (unpaired) electrons. The molecule has 15 heavy (non-hydrogen) atoms. The number of hydrogen-bond donors (Lipinski definition) is 1. The van der Waals surface area contributed by atoms with Gasteiger partial charge in [-0.15, -0.1) is 0 Å². The van der Waals surface area contributed by atoms with E-state index in [2.05, 4.69) is 4.98 Å². The maximum absolute atomic E-state index is 11.6. The van der Waals surface area contributed by atoms with Gasteiger partial charge in [0.15, 0.2) is 0 Å². The Balaban J connectivity index is 2.44. The highest BCUT2D eigenvalue weighted by Crippen LogP contribution is 2.05. The van der Waals surface area contributed by atoms with Crippen LogP contribution in [0.4, 0.5) is 0 Å². The number of imidazole rings is 1. The highest BCUT2D eigenvalue weighted by Gasteiger charge is 2.17. The van der Waals surface area contributed by atoms with Crippen LogP contribution in [0.15, 0.2) is 12.4 Å². The van der Waals surface area contributed by atoms with E-state index in [-0.39, 0.29) is 17.7 Å². The standard InChI is InChI=1S/C11H19N3O/c1-8(2)11(12)9(15)4-5-10-13-6-7-14(10)3/h6-8,11H,4-5,12H2,1-3H3. The Morgan fingerprint density at radius 3 is 2.73 bits per heavy atom. The highest BCUT2D eigenvalue weighted by molar-refractivity contribution is 5.84. The Hall–Kier alpha value is -1.16. The Morgan fingerprint density at radius 1 is 1.60 bits per heavy atom. The van der Waals surface area contributed by atoms with Gasteiger partial charge in [0.05, 0.1) is 6.04 Å². The van der Waals surface area contributed by atoms with E-state index in [1.54, 1.807) is 6.20 Å². The zero-order chi connectivity index (χ0) is 11.4. The van der Waals surface area contributed by atoms with Crippen LogP contribution in [0.3, 0.4) is 0 Å². The number of carbonyl (C=O) groups is 1. The van der Waals surface area contributed by atoms with Gasteiger partial charge in [0.2, 0.25) is 0 Å². The fourth-order valence-electron chi connectivity index (χ4n) is 1.41. The molecule has 0 spiro atoms. The fourth-order valence-corrected chi connectivity index (χ4v) is 1.41. The molecule has 1 atom stereocenters. The van der Waals surface area contributed by atoms with Gasteiger partial charge < -0.3 is 10.3 Å². The average molecular weight is 209 g/mol. The first-order chi connectivity index (χ1) is 7.02. The Labute approximate surface area is 90.5 Å². The number of carbonyl (C=O) groups excluding carboxylic acids is 1. The van der Waals surface area contributed by atoms with Gasteiger partial charge in [0, 0.05) is 32.3 Å². The van der Waals surface area contributed by atoms with Gasteiger partial charge in [-0.1, -0.05) is 13.8 Å². The molecule has 1 rings (SSSR count). The van der Waals surface area contributed by atoms with Crippen molar-refractivity contribution < 1.29 is 4.79 Å². The van der Waals surface area contributed by atoms with Gasteiger partial charge in [0.25, 0.3) is 0 Å². The third kappa shape index (κ3) is 3.16. The summed E-state index contributed by atoms with van der Waals surface area (Å²) >= 11 is 0. The number of hydrogen-bond acceptors (Lipinski definition) is 3. The third-order valence-corrected chi connectivity index (χ3v) is 2.61. The molecule has 0 saturated carbocycles. The molecular weight excluding hydrogens is 190 g/mol. The molecule has 0 fully saturated rings. The van der Waals surface area contributed by atoms with Crippen molar-refractivity contribution in [1.29, 1.82) is 0 Å². The summed E-state index contributed by atoms with van der Waals surface area (Å²) in [7, 11) is 1.93. The van der Waals surface area contributed by atoms with E-state index in [4.69, 9.17) is 5.73 Å². The fraction of sp³-hybridized carbons (Fsp3) is 0.636. The zero-order valence-electron chi connectivity index (χ0n) is 9.60. The van der Waals surface area contributed by atoms with E-state index < -0.39 is 0 Å². The molecule has 0 aliphatic heterocycles. The van der Waals surface area contributed by atoms with Gasteiger partial charge >= 0.3 is 0 Å². The van der Waals surface area contributed by atoms with E-state index in [9.17, 15) is 4.79 Å². The van der Waals surface area contributed by atoms with E-state index in [1.807, 2.05) is 31.7 Å². The van der Waals surface area contributed by atoms with Crippen LogP contribution in [-0.4, -0.2) is 21.4 Å². The van der Waals surface area contributed by atoms with Crippen LogP contribution in [0, 0.1) is 5.92 Å². The summed E-state index contributed by atoms with van der Waals surface area (Å²) in [6, 6.07) is -0.342. The minimum Gasteiger partial charge on any atom is -0.338 e. The normalized spacial score (nSPS) is 13.1. The van der Waals surface area contributed by atoms with Crippen molar-refractivity contribution in [3.05, 3.63) is 18.2 Å². The van der Waals surface area contributed by atoms with E-state index in [1.165, 1.54) is 0 Å². The van der Waals surface area contributed by atoms with Crippen LogP contribution in [0.2, 0.25) is 0 Å². The van der Waals surface area contributed by atoms with Crippen LogP contribution < -0.4 is 5.73 Å². The monoisotopic (exact) mass is 209 g/mol. The summed E-state index contributed by atoms with van der Waals surface area (Å²) in [6.45, 7) is 3.92. The van der Waals surface area contributed by atoms with Crippen LogP contribution in [0.5, 0.6) is 0 Å². The average Bonchev–Trinajstić information content (AvgIpc) is 2.59. The number of Topliss-reactive ketones (excluding diaryl/α,β-unsaturated/α-hetero) is 1. The number of ketones is 1. The number of aryl methyl sites for hydroxylation is 2. The van der Waals surface area contributed by atoms with Crippen molar-refractivity contribution >= 4 is 5.78 Å². The lowest BCUT2D eigenvalue weighted by Crippen LogP contribution is -2.35. The summed E-state index contributed by atoms with van der Waals surface area (Å²) < 4.78 is 1.92. The van der Waals surface area contributed by atoms with Gasteiger partial charge in [-0.25, -0.2) is 4.98 Å². The van der Waals surface area contributed by atoms with Crippen molar-refractivity contribution in [2.75, 3.05) is 0 Å². The summed E-state index contributed by atoms with van der Waals surface area (Å²) in [5.41, 5.74) is 5.76. The van der Waals surface area contributed by atoms with E-state index >= 15 is 0 Å². The number of nitrogens with zero attached hydrogens (tertiary/aromatic N) is 2. The molecule has 4 heteroatoms. The molecule has 0 amide bonds. The largest absolute Gasteiger partial charge is 0.338 e. The van der Waals surface area contributed by atoms with Crippen molar-refractivity contribution in [3.63, 3.8) is 0 Å². The molecule has 0 aliphatic carbocycles. The first kappa shape index (κ1) is 11.9. The van der Waals surface area contributed by atoms with Crippen LogP contribution >= 0.6 is 0 Å². The lowest BCUT2D eigenvalue weighted by Gasteiger charge is -2.13. The molecule has 0 aliphatic rings. The second-order valence-corrected chi connectivity index (χ2v) is 4.19. The van der Waals surface area contributed by atoms with Gasteiger partial charge in [-0.05, 0) is 5.92 Å². The van der Waals surface area contributed by atoms with E-state index in [0.717, 1.165) is 5.82 Å². The van der Waals surface area contributed by atoms with E-state index in [0.29, 0.717) is 12.8 Å². The van der Waals surface area contributed by atoms with Gasteiger partial charge in [-0.3, -0.25) is 4.79 Å². The molecular formula is C11H19N3O. The minimum atomic E-state index is -0.342. The third-order valence-electron chi connectivity index (χ3n) is 2.61. The maximum Gasteiger partial charge on any atom is 0.150 e. The smallest absolute Gasteiger partial charge is 0.150 e. The minimum absolute atomic E-state index is 0.119.